The van der Waals surface area contributed by atoms with E-state index in [9.17, 15) is 18.4 Å². The second-order valence-corrected chi connectivity index (χ2v) is 6.17. The molecule has 0 saturated carbocycles. The highest BCUT2D eigenvalue weighted by atomic mass is 19.1. The molecule has 3 amide bonds. The first-order chi connectivity index (χ1) is 13.4. The van der Waals surface area contributed by atoms with E-state index in [0.29, 0.717) is 29.0 Å². The monoisotopic (exact) mass is 391 g/mol. The van der Waals surface area contributed by atoms with E-state index in [4.69, 9.17) is 9.47 Å². The van der Waals surface area contributed by atoms with Gasteiger partial charge in [0.15, 0.2) is 6.79 Å². The van der Waals surface area contributed by atoms with Crippen LogP contribution in [-0.2, 0) is 22.6 Å². The summed E-state index contributed by atoms with van der Waals surface area (Å²) >= 11 is 0. The number of anilines is 2. The third-order valence-electron chi connectivity index (χ3n) is 3.97. The third kappa shape index (κ3) is 4.95. The molecule has 1 heterocycles. The molecule has 0 aromatic heterocycles. The van der Waals surface area contributed by atoms with Gasteiger partial charge >= 0.3 is 6.03 Å². The predicted molar refractivity (Wildman–Crippen MR) is 98.1 cm³/mol. The molecule has 28 heavy (non-hydrogen) atoms. The lowest BCUT2D eigenvalue weighted by Crippen LogP contribution is -2.30. The normalized spacial score (nSPS) is 12.5. The van der Waals surface area contributed by atoms with Crippen molar-refractivity contribution in [2.24, 2.45) is 0 Å². The van der Waals surface area contributed by atoms with Crippen LogP contribution in [0.1, 0.15) is 18.1 Å². The first-order valence-electron chi connectivity index (χ1n) is 8.56. The zero-order valence-electron chi connectivity index (χ0n) is 15.1. The number of hydrogen-bond donors (Lipinski definition) is 3. The minimum Gasteiger partial charge on any atom is -0.467 e. The van der Waals surface area contributed by atoms with Gasteiger partial charge in [-0.25, -0.2) is 13.6 Å². The Morgan fingerprint density at radius 2 is 1.96 bits per heavy atom. The summed E-state index contributed by atoms with van der Waals surface area (Å²) in [6.07, 6.45) is 0.355. The molecule has 0 spiro atoms. The summed E-state index contributed by atoms with van der Waals surface area (Å²) in [5.74, 6) is -0.856. The molecule has 0 fully saturated rings. The molecule has 0 bridgehead atoms. The molecule has 0 radical (unpaired) electrons. The maximum absolute atomic E-state index is 13.7. The zero-order chi connectivity index (χ0) is 20.1. The number of carbonyl (C=O) groups excluding carboxylic acids is 2. The Labute approximate surface area is 160 Å². The quantitative estimate of drug-likeness (QED) is 0.731. The van der Waals surface area contributed by atoms with Crippen LogP contribution in [0.3, 0.4) is 0 Å². The SMILES string of the molecule is CC(=O)Nc1cc(NC(=O)NCCc2cc(F)cc3c2OCOC3)ccc1F. The summed E-state index contributed by atoms with van der Waals surface area (Å²) in [6.45, 7) is 1.86. The second kappa shape index (κ2) is 8.66. The maximum atomic E-state index is 13.7. The summed E-state index contributed by atoms with van der Waals surface area (Å²) in [7, 11) is 0. The van der Waals surface area contributed by atoms with Crippen molar-refractivity contribution in [3.05, 3.63) is 53.1 Å². The van der Waals surface area contributed by atoms with Crippen LogP contribution in [0.15, 0.2) is 30.3 Å². The van der Waals surface area contributed by atoms with Gasteiger partial charge in [0, 0.05) is 24.7 Å². The van der Waals surface area contributed by atoms with Crippen molar-refractivity contribution in [2.45, 2.75) is 20.0 Å². The van der Waals surface area contributed by atoms with Gasteiger partial charge in [-0.1, -0.05) is 0 Å². The van der Waals surface area contributed by atoms with Crippen molar-refractivity contribution < 1.29 is 27.8 Å². The number of urea groups is 1. The number of benzene rings is 2. The van der Waals surface area contributed by atoms with E-state index < -0.39 is 23.6 Å². The molecule has 9 heteroatoms. The number of carbonyl (C=O) groups is 2. The molecule has 3 rings (SSSR count). The average Bonchev–Trinajstić information content (AvgIpc) is 2.64. The van der Waals surface area contributed by atoms with Gasteiger partial charge in [0.1, 0.15) is 17.4 Å². The first kappa shape index (κ1) is 19.6. The largest absolute Gasteiger partial charge is 0.467 e. The summed E-state index contributed by atoms with van der Waals surface area (Å²) in [5.41, 5.74) is 1.54. The van der Waals surface area contributed by atoms with E-state index in [1.807, 2.05) is 0 Å². The predicted octanol–water partition coefficient (Wildman–Crippen LogP) is 3.15. The molecule has 1 aliphatic rings. The molecular formula is C19H19F2N3O4. The lowest BCUT2D eigenvalue weighted by Gasteiger charge is -2.21. The van der Waals surface area contributed by atoms with E-state index in [-0.39, 0.29) is 25.6 Å². The zero-order valence-corrected chi connectivity index (χ0v) is 15.1. The van der Waals surface area contributed by atoms with Crippen molar-refractivity contribution in [1.82, 2.24) is 5.32 Å². The van der Waals surface area contributed by atoms with Gasteiger partial charge in [0.05, 0.1) is 12.3 Å². The van der Waals surface area contributed by atoms with E-state index >= 15 is 0 Å². The van der Waals surface area contributed by atoms with Crippen LogP contribution >= 0.6 is 0 Å². The van der Waals surface area contributed by atoms with Gasteiger partial charge in [0.2, 0.25) is 5.91 Å². The Kier molecular flexibility index (Phi) is 6.05. The number of halogens is 2. The Morgan fingerprint density at radius 3 is 2.75 bits per heavy atom. The molecular weight excluding hydrogens is 372 g/mol. The van der Waals surface area contributed by atoms with Gasteiger partial charge in [-0.3, -0.25) is 4.79 Å². The number of hydrogen-bond acceptors (Lipinski definition) is 4. The molecule has 0 unspecified atom stereocenters. The van der Waals surface area contributed by atoms with Crippen molar-refractivity contribution in [3.63, 3.8) is 0 Å². The summed E-state index contributed by atoms with van der Waals surface area (Å²) in [4.78, 5) is 23.1. The third-order valence-corrected chi connectivity index (χ3v) is 3.97. The average molecular weight is 391 g/mol. The smallest absolute Gasteiger partial charge is 0.319 e. The van der Waals surface area contributed by atoms with Gasteiger partial charge in [-0.15, -0.1) is 0 Å². The maximum Gasteiger partial charge on any atom is 0.319 e. The number of ether oxygens (including phenoxy) is 2. The Balaban J connectivity index is 1.57. The topological polar surface area (TPSA) is 88.7 Å². The highest BCUT2D eigenvalue weighted by Crippen LogP contribution is 2.29. The highest BCUT2D eigenvalue weighted by Gasteiger charge is 2.17. The van der Waals surface area contributed by atoms with Crippen LogP contribution in [-0.4, -0.2) is 25.3 Å². The van der Waals surface area contributed by atoms with Gasteiger partial charge in [-0.2, -0.15) is 0 Å². The fourth-order valence-corrected chi connectivity index (χ4v) is 2.82. The summed E-state index contributed by atoms with van der Waals surface area (Å²) in [6, 6.07) is 6.03. The number of nitrogens with one attached hydrogen (secondary N) is 3. The summed E-state index contributed by atoms with van der Waals surface area (Å²) < 4.78 is 37.9. The Hall–Kier alpha value is -3.20. The van der Waals surface area contributed by atoms with Crippen LogP contribution in [0.25, 0.3) is 0 Å². The van der Waals surface area contributed by atoms with E-state index in [2.05, 4.69) is 16.0 Å². The molecule has 0 saturated heterocycles. The van der Waals surface area contributed by atoms with Crippen molar-refractivity contribution in [2.75, 3.05) is 24.0 Å². The molecule has 0 aliphatic carbocycles. The fraction of sp³-hybridized carbons (Fsp3) is 0.263. The van der Waals surface area contributed by atoms with Crippen LogP contribution in [0, 0.1) is 11.6 Å². The first-order valence-corrected chi connectivity index (χ1v) is 8.56. The minimum atomic E-state index is -0.610. The van der Waals surface area contributed by atoms with Crippen LogP contribution in [0.4, 0.5) is 25.0 Å². The van der Waals surface area contributed by atoms with Crippen molar-refractivity contribution >= 4 is 23.3 Å². The minimum absolute atomic E-state index is 0.0314. The summed E-state index contributed by atoms with van der Waals surface area (Å²) in [5, 5.41) is 7.53. The van der Waals surface area contributed by atoms with Gasteiger partial charge in [0.25, 0.3) is 0 Å². The molecule has 7 nitrogen and oxygen atoms in total. The molecule has 2 aromatic carbocycles. The van der Waals surface area contributed by atoms with Gasteiger partial charge in [-0.05, 0) is 42.3 Å². The molecule has 3 N–H and O–H groups in total. The standard InChI is InChI=1S/C19H19F2N3O4/c1-11(25)23-17-8-15(2-3-16(17)21)24-19(26)22-5-4-12-6-14(20)7-13-9-27-10-28-18(12)13/h2-3,6-8H,4-5,9-10H2,1H3,(H,23,25)(H2,22,24,26). The second-order valence-electron chi connectivity index (χ2n) is 6.17. The van der Waals surface area contributed by atoms with Crippen LogP contribution in [0.2, 0.25) is 0 Å². The van der Waals surface area contributed by atoms with Crippen molar-refractivity contribution in [3.8, 4) is 5.75 Å². The van der Waals surface area contributed by atoms with E-state index in [0.717, 1.165) is 6.07 Å². The van der Waals surface area contributed by atoms with Crippen LogP contribution in [0.5, 0.6) is 5.75 Å². The molecule has 1 aliphatic heterocycles. The molecule has 2 aromatic rings. The molecule has 148 valence electrons. The number of rotatable bonds is 5. The fourth-order valence-electron chi connectivity index (χ4n) is 2.82. The lowest BCUT2D eigenvalue weighted by atomic mass is 10.1. The van der Waals surface area contributed by atoms with Crippen LogP contribution < -0.4 is 20.7 Å². The lowest BCUT2D eigenvalue weighted by molar-refractivity contribution is -0.114. The number of amides is 3. The highest BCUT2D eigenvalue weighted by molar-refractivity contribution is 5.92. The van der Waals surface area contributed by atoms with Crippen molar-refractivity contribution in [1.29, 1.82) is 0 Å². The van der Waals surface area contributed by atoms with E-state index in [1.54, 1.807) is 0 Å². The Morgan fingerprint density at radius 1 is 1.14 bits per heavy atom. The van der Waals surface area contributed by atoms with E-state index in [1.165, 1.54) is 31.2 Å². The Bertz CT molecular complexity index is 905. The number of fused-ring (bicyclic) bond motifs is 1. The van der Waals surface area contributed by atoms with Gasteiger partial charge < -0.3 is 25.4 Å². The molecule has 0 atom stereocenters.